The fraction of sp³-hybridized carbons (Fsp3) is 0.500. The Morgan fingerprint density at radius 3 is 2.65 bits per heavy atom. The van der Waals surface area contributed by atoms with Gasteiger partial charge in [0.05, 0.1) is 6.54 Å². The molecule has 2 aromatic rings. The third-order valence-corrected chi connectivity index (χ3v) is 3.65. The Kier molecular flexibility index (Phi) is 3.59. The second-order valence-corrected chi connectivity index (χ2v) is 5.65. The van der Waals surface area contributed by atoms with Gasteiger partial charge in [0.15, 0.2) is 0 Å². The van der Waals surface area contributed by atoms with E-state index in [1.54, 1.807) is 6.92 Å². The molecule has 0 saturated heterocycles. The number of hydrogen-bond acceptors (Lipinski definition) is 5. The summed E-state index contributed by atoms with van der Waals surface area (Å²) in [5, 5.41) is 11.2. The van der Waals surface area contributed by atoms with Gasteiger partial charge < -0.3 is 9.73 Å². The molecule has 0 spiro atoms. The molecule has 0 saturated carbocycles. The Labute approximate surface area is 105 Å². The summed E-state index contributed by atoms with van der Waals surface area (Å²) in [6.07, 6.45) is 0. The maximum absolute atomic E-state index is 5.32. The summed E-state index contributed by atoms with van der Waals surface area (Å²) in [5.74, 6) is 1.25. The van der Waals surface area contributed by atoms with E-state index in [0.717, 1.165) is 0 Å². The standard InChI is InChI=1S/C12H17N3OS/c1-7-5-11(9(3)17-7)8(2)13-6-12-15-14-10(4)16-12/h5,8,13H,6H2,1-4H3. The van der Waals surface area contributed by atoms with Crippen LogP contribution in [-0.2, 0) is 6.54 Å². The van der Waals surface area contributed by atoms with Gasteiger partial charge in [0.25, 0.3) is 0 Å². The van der Waals surface area contributed by atoms with Crippen molar-refractivity contribution in [3.63, 3.8) is 0 Å². The summed E-state index contributed by atoms with van der Waals surface area (Å²) in [6.45, 7) is 8.84. The van der Waals surface area contributed by atoms with Crippen LogP contribution in [0.1, 0.15) is 40.1 Å². The van der Waals surface area contributed by atoms with Gasteiger partial charge in [-0.15, -0.1) is 21.5 Å². The lowest BCUT2D eigenvalue weighted by atomic mass is 10.1. The predicted octanol–water partition coefficient (Wildman–Crippen LogP) is 2.91. The number of nitrogens with zero attached hydrogens (tertiary/aromatic N) is 2. The van der Waals surface area contributed by atoms with E-state index in [4.69, 9.17) is 4.42 Å². The zero-order valence-electron chi connectivity index (χ0n) is 10.6. The van der Waals surface area contributed by atoms with Gasteiger partial charge in [-0.3, -0.25) is 0 Å². The molecule has 0 fully saturated rings. The second-order valence-electron chi connectivity index (χ2n) is 4.19. The summed E-state index contributed by atoms with van der Waals surface area (Å²) in [6, 6.07) is 2.53. The number of nitrogens with one attached hydrogen (secondary N) is 1. The monoisotopic (exact) mass is 251 g/mol. The molecule has 0 aliphatic carbocycles. The molecule has 0 radical (unpaired) electrons. The number of rotatable bonds is 4. The minimum atomic E-state index is 0.298. The molecule has 0 aliphatic heterocycles. The highest BCUT2D eigenvalue weighted by molar-refractivity contribution is 7.12. The van der Waals surface area contributed by atoms with Crippen LogP contribution in [0.25, 0.3) is 0 Å². The molecule has 0 bridgehead atoms. The van der Waals surface area contributed by atoms with E-state index in [-0.39, 0.29) is 0 Å². The van der Waals surface area contributed by atoms with Crippen molar-refractivity contribution in [1.82, 2.24) is 15.5 Å². The normalized spacial score (nSPS) is 12.9. The maximum atomic E-state index is 5.32. The minimum Gasteiger partial charge on any atom is -0.424 e. The Morgan fingerprint density at radius 2 is 2.12 bits per heavy atom. The van der Waals surface area contributed by atoms with Crippen LogP contribution in [-0.4, -0.2) is 10.2 Å². The van der Waals surface area contributed by atoms with Crippen LogP contribution >= 0.6 is 11.3 Å². The quantitative estimate of drug-likeness (QED) is 0.907. The Balaban J connectivity index is 1.97. The van der Waals surface area contributed by atoms with Crippen molar-refractivity contribution in [2.24, 2.45) is 0 Å². The summed E-state index contributed by atoms with van der Waals surface area (Å²) < 4.78 is 5.32. The Bertz CT molecular complexity index is 504. The summed E-state index contributed by atoms with van der Waals surface area (Å²) in [5.41, 5.74) is 1.35. The van der Waals surface area contributed by atoms with E-state index < -0.39 is 0 Å². The van der Waals surface area contributed by atoms with Crippen LogP contribution in [0.3, 0.4) is 0 Å². The van der Waals surface area contributed by atoms with E-state index >= 15 is 0 Å². The Hall–Kier alpha value is -1.20. The minimum absolute atomic E-state index is 0.298. The van der Waals surface area contributed by atoms with E-state index in [0.29, 0.717) is 24.4 Å². The fourth-order valence-electron chi connectivity index (χ4n) is 1.84. The van der Waals surface area contributed by atoms with E-state index in [2.05, 4.69) is 42.4 Å². The van der Waals surface area contributed by atoms with Crippen LogP contribution in [0.15, 0.2) is 10.5 Å². The van der Waals surface area contributed by atoms with Crippen LogP contribution in [0.4, 0.5) is 0 Å². The lowest BCUT2D eigenvalue weighted by Crippen LogP contribution is -2.18. The third-order valence-electron chi connectivity index (χ3n) is 2.67. The van der Waals surface area contributed by atoms with Crippen LogP contribution in [0.2, 0.25) is 0 Å². The molecule has 1 unspecified atom stereocenters. The molecule has 1 N–H and O–H groups in total. The maximum Gasteiger partial charge on any atom is 0.230 e. The molecular weight excluding hydrogens is 234 g/mol. The molecule has 0 aliphatic rings. The molecule has 2 aromatic heterocycles. The van der Waals surface area contributed by atoms with Crippen LogP contribution in [0.5, 0.6) is 0 Å². The third kappa shape index (κ3) is 2.92. The summed E-state index contributed by atoms with van der Waals surface area (Å²) in [4.78, 5) is 2.71. The number of aryl methyl sites for hydroxylation is 3. The molecule has 0 amide bonds. The van der Waals surface area contributed by atoms with E-state index in [1.807, 2.05) is 11.3 Å². The molecule has 2 heterocycles. The van der Waals surface area contributed by atoms with Crippen molar-refractivity contribution in [2.45, 2.75) is 40.3 Å². The fourth-order valence-corrected chi connectivity index (χ4v) is 2.86. The summed E-state index contributed by atoms with van der Waals surface area (Å²) >= 11 is 1.83. The largest absolute Gasteiger partial charge is 0.424 e. The number of hydrogen-bond donors (Lipinski definition) is 1. The van der Waals surface area contributed by atoms with Crippen LogP contribution in [0, 0.1) is 20.8 Å². The van der Waals surface area contributed by atoms with Crippen LogP contribution < -0.4 is 5.32 Å². The van der Waals surface area contributed by atoms with Gasteiger partial charge in [0.1, 0.15) is 0 Å². The van der Waals surface area contributed by atoms with Gasteiger partial charge in [0.2, 0.25) is 11.8 Å². The molecule has 92 valence electrons. The average molecular weight is 251 g/mol. The van der Waals surface area contributed by atoms with E-state index in [1.165, 1.54) is 15.3 Å². The SMILES string of the molecule is Cc1nnc(CNC(C)c2cc(C)sc2C)o1. The predicted molar refractivity (Wildman–Crippen MR) is 68.1 cm³/mol. The first-order valence-corrected chi connectivity index (χ1v) is 6.47. The zero-order valence-corrected chi connectivity index (χ0v) is 11.4. The smallest absolute Gasteiger partial charge is 0.230 e. The zero-order chi connectivity index (χ0) is 12.4. The topological polar surface area (TPSA) is 51.0 Å². The van der Waals surface area contributed by atoms with Gasteiger partial charge in [0, 0.05) is 22.7 Å². The highest BCUT2D eigenvalue weighted by Gasteiger charge is 2.12. The molecule has 17 heavy (non-hydrogen) atoms. The lowest BCUT2D eigenvalue weighted by Gasteiger charge is -2.11. The molecule has 5 heteroatoms. The number of thiophene rings is 1. The Morgan fingerprint density at radius 1 is 1.35 bits per heavy atom. The van der Waals surface area contributed by atoms with Crippen molar-refractivity contribution in [3.05, 3.63) is 33.2 Å². The van der Waals surface area contributed by atoms with Crippen molar-refractivity contribution in [1.29, 1.82) is 0 Å². The van der Waals surface area contributed by atoms with Crippen molar-refractivity contribution < 1.29 is 4.42 Å². The highest BCUT2D eigenvalue weighted by Crippen LogP contribution is 2.26. The first-order valence-electron chi connectivity index (χ1n) is 5.65. The molecule has 2 rings (SSSR count). The van der Waals surface area contributed by atoms with Crippen molar-refractivity contribution >= 4 is 11.3 Å². The molecule has 4 nitrogen and oxygen atoms in total. The first kappa shape index (κ1) is 12.3. The molecule has 1 atom stereocenters. The van der Waals surface area contributed by atoms with E-state index in [9.17, 15) is 0 Å². The molecule has 0 aromatic carbocycles. The van der Waals surface area contributed by atoms with Gasteiger partial charge in [-0.2, -0.15) is 0 Å². The lowest BCUT2D eigenvalue weighted by molar-refractivity contribution is 0.430. The molecular formula is C12H17N3OS. The van der Waals surface area contributed by atoms with Crippen molar-refractivity contribution in [2.75, 3.05) is 0 Å². The first-order chi connectivity index (χ1) is 8.06. The van der Waals surface area contributed by atoms with Crippen molar-refractivity contribution in [3.8, 4) is 0 Å². The average Bonchev–Trinajstić information content (AvgIpc) is 2.81. The second kappa shape index (κ2) is 4.98. The van der Waals surface area contributed by atoms with Gasteiger partial charge >= 0.3 is 0 Å². The highest BCUT2D eigenvalue weighted by atomic mass is 32.1. The van der Waals surface area contributed by atoms with Gasteiger partial charge in [-0.25, -0.2) is 0 Å². The summed E-state index contributed by atoms with van der Waals surface area (Å²) in [7, 11) is 0. The van der Waals surface area contributed by atoms with Gasteiger partial charge in [-0.1, -0.05) is 0 Å². The van der Waals surface area contributed by atoms with Gasteiger partial charge in [-0.05, 0) is 32.4 Å². The number of aromatic nitrogens is 2.